The van der Waals surface area contributed by atoms with Crippen molar-refractivity contribution in [3.63, 3.8) is 0 Å². The molecule has 0 saturated heterocycles. The van der Waals surface area contributed by atoms with E-state index in [0.717, 1.165) is 0 Å². The number of carbonyl (C=O) groups is 2. The molecule has 96 valence electrons. The van der Waals surface area contributed by atoms with Gasteiger partial charge in [-0.15, -0.1) is 11.8 Å². The molecule has 1 heterocycles. The molecule has 18 heavy (non-hydrogen) atoms. The fourth-order valence-electron chi connectivity index (χ4n) is 1.69. The topological polar surface area (TPSA) is 57.6 Å². The average Bonchev–Trinajstić information content (AvgIpc) is 2.60. The summed E-state index contributed by atoms with van der Waals surface area (Å²) in [4.78, 5) is 25.3. The van der Waals surface area contributed by atoms with E-state index >= 15 is 0 Å². The highest BCUT2D eigenvalue weighted by molar-refractivity contribution is 7.99. The molecular weight excluding hydrogens is 250 g/mol. The third-order valence-corrected chi connectivity index (χ3v) is 4.35. The maximum atomic E-state index is 12.0. The molecule has 0 fully saturated rings. The zero-order valence-electron chi connectivity index (χ0n) is 10.3. The van der Waals surface area contributed by atoms with Crippen molar-refractivity contribution in [2.45, 2.75) is 25.2 Å². The third kappa shape index (κ3) is 2.28. The number of aliphatic hydroxyl groups excluding tert-OH is 1. The lowest BCUT2D eigenvalue weighted by molar-refractivity contribution is 0.0683. The molecule has 1 aromatic carbocycles. The van der Waals surface area contributed by atoms with E-state index in [2.05, 4.69) is 0 Å². The number of amides is 2. The van der Waals surface area contributed by atoms with Gasteiger partial charge in [0.2, 0.25) is 0 Å². The standard InChI is InChI=1S/C13H15NO3S/c1-8(15)9(2)18-7-14-12(16)10-5-3-4-6-11(10)13(14)17/h3-6,8-9,15H,7H2,1-2H3. The number of hydrogen-bond donors (Lipinski definition) is 1. The second kappa shape index (κ2) is 5.12. The van der Waals surface area contributed by atoms with Crippen molar-refractivity contribution in [1.29, 1.82) is 0 Å². The van der Waals surface area contributed by atoms with E-state index in [1.807, 2.05) is 6.92 Å². The summed E-state index contributed by atoms with van der Waals surface area (Å²) in [7, 11) is 0. The average molecular weight is 265 g/mol. The number of nitrogens with zero attached hydrogens (tertiary/aromatic N) is 1. The number of imide groups is 1. The molecule has 1 aliphatic rings. The lowest BCUT2D eigenvalue weighted by atomic mass is 10.1. The Morgan fingerprint density at radius 3 is 2.11 bits per heavy atom. The van der Waals surface area contributed by atoms with Gasteiger partial charge >= 0.3 is 0 Å². The van der Waals surface area contributed by atoms with E-state index in [1.165, 1.54) is 16.7 Å². The number of benzene rings is 1. The lowest BCUT2D eigenvalue weighted by Crippen LogP contribution is -2.31. The Morgan fingerprint density at radius 2 is 1.67 bits per heavy atom. The Kier molecular flexibility index (Phi) is 3.73. The van der Waals surface area contributed by atoms with Gasteiger partial charge in [-0.3, -0.25) is 14.5 Å². The van der Waals surface area contributed by atoms with Crippen molar-refractivity contribution < 1.29 is 14.7 Å². The summed E-state index contributed by atoms with van der Waals surface area (Å²) in [6.45, 7) is 3.56. The molecule has 5 heteroatoms. The molecule has 4 nitrogen and oxygen atoms in total. The molecule has 2 atom stereocenters. The lowest BCUT2D eigenvalue weighted by Gasteiger charge is -2.18. The maximum Gasteiger partial charge on any atom is 0.262 e. The zero-order valence-corrected chi connectivity index (χ0v) is 11.1. The quantitative estimate of drug-likeness (QED) is 0.843. The van der Waals surface area contributed by atoms with Crippen LogP contribution < -0.4 is 0 Å². The van der Waals surface area contributed by atoms with Gasteiger partial charge in [-0.25, -0.2) is 0 Å². The minimum atomic E-state index is -0.467. The Bertz CT molecular complexity index is 452. The first-order chi connectivity index (χ1) is 8.52. The van der Waals surface area contributed by atoms with Crippen molar-refractivity contribution in [1.82, 2.24) is 4.90 Å². The molecule has 0 bridgehead atoms. The number of aliphatic hydroxyl groups is 1. The Labute approximate surface area is 110 Å². The van der Waals surface area contributed by atoms with Crippen LogP contribution in [0.1, 0.15) is 34.6 Å². The van der Waals surface area contributed by atoms with Crippen molar-refractivity contribution in [3.05, 3.63) is 35.4 Å². The van der Waals surface area contributed by atoms with Crippen LogP contribution in [0, 0.1) is 0 Å². The summed E-state index contributed by atoms with van der Waals surface area (Å²) in [5, 5.41) is 9.37. The van der Waals surface area contributed by atoms with Crippen LogP contribution in [0.2, 0.25) is 0 Å². The van der Waals surface area contributed by atoms with E-state index in [1.54, 1.807) is 31.2 Å². The van der Waals surface area contributed by atoms with E-state index in [-0.39, 0.29) is 22.9 Å². The van der Waals surface area contributed by atoms with Crippen LogP contribution in [-0.2, 0) is 0 Å². The largest absolute Gasteiger partial charge is 0.392 e. The first kappa shape index (κ1) is 13.1. The molecule has 0 saturated carbocycles. The highest BCUT2D eigenvalue weighted by Crippen LogP contribution is 2.25. The number of hydrogen-bond acceptors (Lipinski definition) is 4. The van der Waals surface area contributed by atoms with E-state index in [0.29, 0.717) is 11.1 Å². The van der Waals surface area contributed by atoms with Crippen LogP contribution in [-0.4, -0.2) is 39.1 Å². The smallest absolute Gasteiger partial charge is 0.262 e. The van der Waals surface area contributed by atoms with E-state index < -0.39 is 6.10 Å². The summed E-state index contributed by atoms with van der Waals surface area (Å²) in [6, 6.07) is 6.83. The third-order valence-electron chi connectivity index (χ3n) is 3.02. The molecule has 2 unspecified atom stereocenters. The molecule has 0 spiro atoms. The Balaban J connectivity index is 2.10. The fourth-order valence-corrected chi connectivity index (χ4v) is 2.58. The van der Waals surface area contributed by atoms with Gasteiger partial charge in [-0.2, -0.15) is 0 Å². The number of rotatable bonds is 4. The SMILES string of the molecule is CC(O)C(C)SCN1C(=O)c2ccccc2C1=O. The van der Waals surface area contributed by atoms with Crippen LogP contribution in [0.4, 0.5) is 0 Å². The monoisotopic (exact) mass is 265 g/mol. The minimum absolute atomic E-state index is 0.0192. The van der Waals surface area contributed by atoms with Crippen LogP contribution in [0.3, 0.4) is 0 Å². The predicted octanol–water partition coefficient (Wildman–Crippen LogP) is 1.74. The first-order valence-corrected chi connectivity index (χ1v) is 6.82. The highest BCUT2D eigenvalue weighted by atomic mass is 32.2. The molecule has 0 radical (unpaired) electrons. The van der Waals surface area contributed by atoms with Crippen molar-refractivity contribution in [2.75, 3.05) is 5.88 Å². The van der Waals surface area contributed by atoms with Gasteiger partial charge in [0.15, 0.2) is 0 Å². The molecule has 0 aromatic heterocycles. The summed E-state index contributed by atoms with van der Waals surface area (Å²) in [6.07, 6.45) is -0.467. The van der Waals surface area contributed by atoms with Crippen LogP contribution in [0.15, 0.2) is 24.3 Å². The Morgan fingerprint density at radius 1 is 1.17 bits per heavy atom. The molecule has 2 amide bonds. The van der Waals surface area contributed by atoms with Gasteiger partial charge in [0.05, 0.1) is 23.1 Å². The Hall–Kier alpha value is -1.33. The van der Waals surface area contributed by atoms with Gasteiger partial charge in [-0.1, -0.05) is 19.1 Å². The molecule has 1 N–H and O–H groups in total. The summed E-state index contributed by atoms with van der Waals surface area (Å²) in [5.74, 6) is -0.222. The predicted molar refractivity (Wildman–Crippen MR) is 70.5 cm³/mol. The summed E-state index contributed by atoms with van der Waals surface area (Å²) >= 11 is 1.39. The van der Waals surface area contributed by atoms with Crippen molar-refractivity contribution in [2.24, 2.45) is 0 Å². The van der Waals surface area contributed by atoms with Gasteiger partial charge in [0.25, 0.3) is 11.8 Å². The second-order valence-electron chi connectivity index (χ2n) is 4.33. The zero-order chi connectivity index (χ0) is 13.3. The summed E-state index contributed by atoms with van der Waals surface area (Å²) < 4.78 is 0. The number of fused-ring (bicyclic) bond motifs is 1. The molecule has 1 aliphatic heterocycles. The van der Waals surface area contributed by atoms with E-state index in [9.17, 15) is 14.7 Å². The van der Waals surface area contributed by atoms with Gasteiger partial charge in [-0.05, 0) is 19.1 Å². The van der Waals surface area contributed by atoms with E-state index in [4.69, 9.17) is 0 Å². The first-order valence-electron chi connectivity index (χ1n) is 5.77. The van der Waals surface area contributed by atoms with Gasteiger partial charge < -0.3 is 5.11 Å². The number of thioether (sulfide) groups is 1. The maximum absolute atomic E-state index is 12.0. The van der Waals surface area contributed by atoms with Crippen LogP contribution >= 0.6 is 11.8 Å². The van der Waals surface area contributed by atoms with Gasteiger partial charge in [0, 0.05) is 5.25 Å². The summed E-state index contributed by atoms with van der Waals surface area (Å²) in [5.41, 5.74) is 0.931. The van der Waals surface area contributed by atoms with Crippen molar-refractivity contribution >= 4 is 23.6 Å². The minimum Gasteiger partial charge on any atom is -0.392 e. The second-order valence-corrected chi connectivity index (χ2v) is 5.66. The highest BCUT2D eigenvalue weighted by Gasteiger charge is 2.35. The molecule has 0 aliphatic carbocycles. The normalized spacial score (nSPS) is 17.8. The van der Waals surface area contributed by atoms with Gasteiger partial charge in [0.1, 0.15) is 0 Å². The van der Waals surface area contributed by atoms with Crippen molar-refractivity contribution in [3.8, 4) is 0 Å². The number of carbonyl (C=O) groups excluding carboxylic acids is 2. The van der Waals surface area contributed by atoms with Crippen LogP contribution in [0.25, 0.3) is 0 Å². The molecular formula is C13H15NO3S. The molecule has 1 aromatic rings. The molecule has 2 rings (SSSR count). The van der Waals surface area contributed by atoms with Crippen LogP contribution in [0.5, 0.6) is 0 Å². The fraction of sp³-hybridized carbons (Fsp3) is 0.385.